The molecule has 1 aliphatic carbocycles. The van der Waals surface area contributed by atoms with E-state index < -0.39 is 14.7 Å². The average molecular weight is 262 g/mol. The summed E-state index contributed by atoms with van der Waals surface area (Å²) in [5, 5.41) is 0.351. The van der Waals surface area contributed by atoms with Gasteiger partial charge in [0, 0.05) is 5.02 Å². The summed E-state index contributed by atoms with van der Waals surface area (Å²) in [6.45, 7) is 0. The lowest BCUT2D eigenvalue weighted by molar-refractivity contribution is 0.402. The Kier molecular flexibility index (Phi) is 2.64. The number of hydrogen-bond acceptors (Lipinski definition) is 4. The molecule has 0 saturated heterocycles. The Bertz CT molecular complexity index is 523. The second-order valence-electron chi connectivity index (χ2n) is 3.86. The minimum atomic E-state index is -3.56. The smallest absolute Gasteiger partial charge is 0.200 e. The Labute approximate surface area is 99.3 Å². The van der Waals surface area contributed by atoms with Gasteiger partial charge in [0.25, 0.3) is 0 Å². The van der Waals surface area contributed by atoms with E-state index in [0.717, 1.165) is 0 Å². The van der Waals surface area contributed by atoms with Crippen LogP contribution >= 0.6 is 11.6 Å². The summed E-state index contributed by atoms with van der Waals surface area (Å²) in [6.07, 6.45) is 0.954. The molecule has 1 aromatic carbocycles. The van der Waals surface area contributed by atoms with Crippen LogP contribution in [0.2, 0.25) is 5.02 Å². The largest absolute Gasteiger partial charge is 0.495 e. The topological polar surface area (TPSA) is 69.4 Å². The van der Waals surface area contributed by atoms with Crippen LogP contribution in [-0.4, -0.2) is 20.4 Å². The molecule has 6 heteroatoms. The first-order valence-electron chi connectivity index (χ1n) is 4.78. The molecule has 2 rings (SSSR count). The molecule has 0 spiro atoms. The number of sulfone groups is 1. The Morgan fingerprint density at radius 3 is 2.56 bits per heavy atom. The molecule has 1 fully saturated rings. The molecule has 1 aromatic rings. The van der Waals surface area contributed by atoms with Crippen molar-refractivity contribution in [3.05, 3.63) is 23.2 Å². The van der Waals surface area contributed by atoms with E-state index in [-0.39, 0.29) is 10.6 Å². The number of halogens is 1. The average Bonchev–Trinajstić information content (AvgIpc) is 2.98. The van der Waals surface area contributed by atoms with E-state index in [0.29, 0.717) is 17.9 Å². The number of benzene rings is 1. The maximum Gasteiger partial charge on any atom is 0.200 e. The van der Waals surface area contributed by atoms with E-state index in [2.05, 4.69) is 0 Å². The SMILES string of the molecule is COc1ccc(Cl)cc1S(=O)(=O)C1(N)CC1. The van der Waals surface area contributed by atoms with Crippen LogP contribution in [0.25, 0.3) is 0 Å². The number of nitrogens with two attached hydrogens (primary N) is 1. The maximum atomic E-state index is 12.2. The first-order valence-corrected chi connectivity index (χ1v) is 6.64. The fourth-order valence-electron chi connectivity index (χ4n) is 1.47. The van der Waals surface area contributed by atoms with E-state index in [9.17, 15) is 8.42 Å². The highest BCUT2D eigenvalue weighted by atomic mass is 35.5. The third kappa shape index (κ3) is 1.69. The van der Waals surface area contributed by atoms with Gasteiger partial charge in [0.15, 0.2) is 0 Å². The Hall–Kier alpha value is -0.780. The highest BCUT2D eigenvalue weighted by molar-refractivity contribution is 7.93. The molecule has 0 aromatic heterocycles. The Balaban J connectivity index is 2.59. The summed E-state index contributed by atoms with van der Waals surface area (Å²) in [5.41, 5.74) is 5.74. The van der Waals surface area contributed by atoms with Crippen LogP contribution in [0.4, 0.5) is 0 Å². The normalized spacial score (nSPS) is 18.2. The number of methoxy groups -OCH3 is 1. The van der Waals surface area contributed by atoms with Crippen LogP contribution in [-0.2, 0) is 9.84 Å². The van der Waals surface area contributed by atoms with Crippen molar-refractivity contribution in [3.8, 4) is 5.75 Å². The molecule has 0 radical (unpaired) electrons. The molecule has 1 saturated carbocycles. The molecule has 0 unspecified atom stereocenters. The summed E-state index contributed by atoms with van der Waals surface area (Å²) in [6, 6.07) is 4.49. The fourth-order valence-corrected chi connectivity index (χ4v) is 3.48. The van der Waals surface area contributed by atoms with Crippen molar-refractivity contribution in [2.24, 2.45) is 5.73 Å². The highest BCUT2D eigenvalue weighted by Gasteiger charge is 2.52. The lowest BCUT2D eigenvalue weighted by Crippen LogP contribution is -2.33. The van der Waals surface area contributed by atoms with E-state index in [1.54, 1.807) is 6.07 Å². The summed E-state index contributed by atoms with van der Waals surface area (Å²) >= 11 is 5.79. The minimum Gasteiger partial charge on any atom is -0.495 e. The van der Waals surface area contributed by atoms with Gasteiger partial charge < -0.3 is 10.5 Å². The maximum absolute atomic E-state index is 12.2. The highest BCUT2D eigenvalue weighted by Crippen LogP contribution is 2.44. The first kappa shape index (κ1) is 11.7. The second kappa shape index (κ2) is 3.61. The van der Waals surface area contributed by atoms with E-state index in [1.807, 2.05) is 0 Å². The third-order valence-corrected chi connectivity index (χ3v) is 5.30. The summed E-state index contributed by atoms with van der Waals surface area (Å²) in [5.74, 6) is 0.279. The summed E-state index contributed by atoms with van der Waals surface area (Å²) in [4.78, 5) is -1.06. The monoisotopic (exact) mass is 261 g/mol. The van der Waals surface area contributed by atoms with Crippen molar-refractivity contribution in [1.29, 1.82) is 0 Å². The van der Waals surface area contributed by atoms with Crippen LogP contribution < -0.4 is 10.5 Å². The Morgan fingerprint density at radius 2 is 2.06 bits per heavy atom. The van der Waals surface area contributed by atoms with Gasteiger partial charge in [0.2, 0.25) is 9.84 Å². The molecular weight excluding hydrogens is 250 g/mol. The van der Waals surface area contributed by atoms with Crippen LogP contribution in [0.5, 0.6) is 5.75 Å². The van der Waals surface area contributed by atoms with Crippen molar-refractivity contribution in [2.75, 3.05) is 7.11 Å². The van der Waals surface area contributed by atoms with Gasteiger partial charge >= 0.3 is 0 Å². The van der Waals surface area contributed by atoms with Gasteiger partial charge in [-0.25, -0.2) is 8.42 Å². The van der Waals surface area contributed by atoms with E-state index in [1.165, 1.54) is 19.2 Å². The molecule has 4 nitrogen and oxygen atoms in total. The molecule has 16 heavy (non-hydrogen) atoms. The van der Waals surface area contributed by atoms with Gasteiger partial charge in [-0.1, -0.05) is 11.6 Å². The quantitative estimate of drug-likeness (QED) is 0.897. The minimum absolute atomic E-state index is 0.0718. The van der Waals surface area contributed by atoms with Crippen molar-refractivity contribution >= 4 is 21.4 Å². The zero-order valence-corrected chi connectivity index (χ0v) is 10.3. The van der Waals surface area contributed by atoms with E-state index >= 15 is 0 Å². The van der Waals surface area contributed by atoms with Crippen molar-refractivity contribution in [1.82, 2.24) is 0 Å². The van der Waals surface area contributed by atoms with Gasteiger partial charge in [0.1, 0.15) is 15.5 Å². The summed E-state index contributed by atoms with van der Waals surface area (Å²) in [7, 11) is -2.15. The zero-order valence-electron chi connectivity index (χ0n) is 8.73. The second-order valence-corrected chi connectivity index (χ2v) is 6.56. The third-order valence-electron chi connectivity index (χ3n) is 2.69. The molecule has 0 aliphatic heterocycles. The molecule has 0 amide bonds. The van der Waals surface area contributed by atoms with Gasteiger partial charge in [-0.05, 0) is 31.0 Å². The number of hydrogen-bond donors (Lipinski definition) is 1. The Morgan fingerprint density at radius 1 is 1.44 bits per heavy atom. The number of rotatable bonds is 3. The van der Waals surface area contributed by atoms with Gasteiger partial charge in [-0.3, -0.25) is 0 Å². The lowest BCUT2D eigenvalue weighted by atomic mass is 10.3. The predicted molar refractivity (Wildman–Crippen MR) is 61.3 cm³/mol. The van der Waals surface area contributed by atoms with Crippen LogP contribution in [0.1, 0.15) is 12.8 Å². The summed E-state index contributed by atoms with van der Waals surface area (Å²) < 4.78 is 29.4. The molecule has 0 bridgehead atoms. The molecule has 1 aliphatic rings. The molecule has 0 atom stereocenters. The van der Waals surface area contributed by atoms with Crippen molar-refractivity contribution in [3.63, 3.8) is 0 Å². The molecule has 0 heterocycles. The first-order chi connectivity index (χ1) is 7.40. The van der Waals surface area contributed by atoms with E-state index in [4.69, 9.17) is 22.1 Å². The molecule has 2 N–H and O–H groups in total. The number of ether oxygens (including phenoxy) is 1. The van der Waals surface area contributed by atoms with Gasteiger partial charge in [0.05, 0.1) is 7.11 Å². The lowest BCUT2D eigenvalue weighted by Gasteiger charge is -2.14. The standard InChI is InChI=1S/C10H12ClNO3S/c1-15-8-3-2-7(11)6-9(8)16(13,14)10(12)4-5-10/h2-3,6H,4-5,12H2,1H3. The van der Waals surface area contributed by atoms with Crippen LogP contribution in [0.15, 0.2) is 23.1 Å². The predicted octanol–water partition coefficient (Wildman–Crippen LogP) is 1.57. The van der Waals surface area contributed by atoms with Gasteiger partial charge in [-0.15, -0.1) is 0 Å². The molecular formula is C10H12ClNO3S. The zero-order chi connectivity index (χ0) is 12.0. The van der Waals surface area contributed by atoms with Gasteiger partial charge in [-0.2, -0.15) is 0 Å². The van der Waals surface area contributed by atoms with Crippen molar-refractivity contribution in [2.45, 2.75) is 22.6 Å². The van der Waals surface area contributed by atoms with Crippen LogP contribution in [0, 0.1) is 0 Å². The van der Waals surface area contributed by atoms with Crippen molar-refractivity contribution < 1.29 is 13.2 Å². The van der Waals surface area contributed by atoms with Crippen LogP contribution in [0.3, 0.4) is 0 Å². The molecule has 88 valence electrons. The fraction of sp³-hybridized carbons (Fsp3) is 0.400.